The topological polar surface area (TPSA) is 88.2 Å². The Balaban J connectivity index is 1.12. The summed E-state index contributed by atoms with van der Waals surface area (Å²) in [5.74, 6) is 0.111. The highest BCUT2D eigenvalue weighted by molar-refractivity contribution is 5.99. The first-order valence-electron chi connectivity index (χ1n) is 14.7. The summed E-state index contributed by atoms with van der Waals surface area (Å²) in [6, 6.07) is 7.53. The molecule has 8 heteroatoms. The van der Waals surface area contributed by atoms with Crippen LogP contribution in [0.2, 0.25) is 0 Å². The third kappa shape index (κ3) is 4.91. The van der Waals surface area contributed by atoms with Crippen molar-refractivity contribution >= 4 is 17.6 Å². The molecule has 0 bridgehead atoms. The van der Waals surface area contributed by atoms with Gasteiger partial charge in [0.05, 0.1) is 6.54 Å². The van der Waals surface area contributed by atoms with E-state index in [1.54, 1.807) is 12.0 Å². The first-order chi connectivity index (χ1) is 18.5. The summed E-state index contributed by atoms with van der Waals surface area (Å²) in [6.45, 7) is 2.65. The molecule has 3 heterocycles. The number of ketones is 1. The summed E-state index contributed by atoms with van der Waals surface area (Å²) in [7, 11) is 1.58. The third-order valence-electron chi connectivity index (χ3n) is 9.91. The Bertz CT molecular complexity index is 1030. The number of likely N-dealkylation sites (tertiary alicyclic amines) is 2. The van der Waals surface area contributed by atoms with Crippen LogP contribution in [0.4, 0.5) is 0 Å². The molecule has 2 saturated carbocycles. The first kappa shape index (κ1) is 26.0. The van der Waals surface area contributed by atoms with Gasteiger partial charge in [0.15, 0.2) is 5.78 Å². The molecule has 0 spiro atoms. The molecule has 5 fully saturated rings. The van der Waals surface area contributed by atoms with Crippen LogP contribution in [0.25, 0.3) is 0 Å². The van der Waals surface area contributed by atoms with Crippen molar-refractivity contribution in [2.45, 2.75) is 94.0 Å². The second-order valence-corrected chi connectivity index (χ2v) is 12.0. The molecule has 38 heavy (non-hydrogen) atoms. The van der Waals surface area contributed by atoms with E-state index >= 15 is 0 Å². The molecule has 3 aliphatic heterocycles. The summed E-state index contributed by atoms with van der Waals surface area (Å²) in [4.78, 5) is 44.1. The van der Waals surface area contributed by atoms with Crippen molar-refractivity contribution < 1.29 is 23.9 Å². The van der Waals surface area contributed by atoms with Crippen LogP contribution < -0.4 is 5.32 Å². The summed E-state index contributed by atoms with van der Waals surface area (Å²) in [5, 5.41) is 3.08. The van der Waals surface area contributed by atoms with Gasteiger partial charge in [0.25, 0.3) is 5.91 Å². The molecule has 2 aliphatic carbocycles. The molecule has 4 atom stereocenters. The second-order valence-electron chi connectivity index (χ2n) is 12.0. The molecular weight excluding hydrogens is 482 g/mol. The van der Waals surface area contributed by atoms with Gasteiger partial charge in [-0.15, -0.1) is 0 Å². The number of fused-ring (bicyclic) bond motifs is 1. The Morgan fingerprint density at radius 2 is 1.71 bits per heavy atom. The molecule has 0 aromatic heterocycles. The number of amides is 2. The number of carbonyl (C=O) groups excluding carboxylic acids is 3. The Hall–Kier alpha value is -2.29. The fourth-order valence-corrected chi connectivity index (χ4v) is 7.38. The van der Waals surface area contributed by atoms with Gasteiger partial charge >= 0.3 is 0 Å². The summed E-state index contributed by atoms with van der Waals surface area (Å²) in [5.41, 5.74) is 1.87. The van der Waals surface area contributed by atoms with E-state index in [1.165, 1.54) is 50.8 Å². The predicted octanol–water partition coefficient (Wildman–Crippen LogP) is 2.90. The monoisotopic (exact) mass is 523 g/mol. The van der Waals surface area contributed by atoms with Crippen molar-refractivity contribution in [2.75, 3.05) is 33.4 Å². The number of nitrogens with one attached hydrogen (secondary N) is 1. The van der Waals surface area contributed by atoms with E-state index in [-0.39, 0.29) is 36.2 Å². The lowest BCUT2D eigenvalue weighted by Crippen LogP contribution is -2.54. The van der Waals surface area contributed by atoms with Crippen molar-refractivity contribution in [1.29, 1.82) is 0 Å². The van der Waals surface area contributed by atoms with E-state index in [0.717, 1.165) is 31.7 Å². The predicted molar refractivity (Wildman–Crippen MR) is 142 cm³/mol. The van der Waals surface area contributed by atoms with Gasteiger partial charge in [-0.2, -0.15) is 0 Å². The molecule has 8 nitrogen and oxygen atoms in total. The van der Waals surface area contributed by atoms with Crippen LogP contribution in [-0.2, 0) is 19.1 Å². The molecule has 1 aromatic rings. The first-order valence-corrected chi connectivity index (χ1v) is 14.7. The molecule has 0 radical (unpaired) electrons. The average molecular weight is 524 g/mol. The van der Waals surface area contributed by atoms with Gasteiger partial charge in [-0.3, -0.25) is 14.4 Å². The summed E-state index contributed by atoms with van der Waals surface area (Å²) >= 11 is 0. The zero-order valence-corrected chi connectivity index (χ0v) is 22.5. The average Bonchev–Trinajstić information content (AvgIpc) is 3.65. The maximum atomic E-state index is 13.9. The Labute approximate surface area is 225 Å². The number of Topliss-reactive ketones (excluding diaryl/α,β-unsaturated/α-hetero) is 1. The van der Waals surface area contributed by atoms with Gasteiger partial charge in [-0.05, 0) is 81.1 Å². The maximum Gasteiger partial charge on any atom is 0.251 e. The minimum absolute atomic E-state index is 0.00534. The van der Waals surface area contributed by atoms with E-state index in [4.69, 9.17) is 9.47 Å². The van der Waals surface area contributed by atoms with Crippen LogP contribution in [0.5, 0.6) is 0 Å². The van der Waals surface area contributed by atoms with Crippen molar-refractivity contribution in [3.05, 3.63) is 35.4 Å². The molecular formula is C30H41N3O5. The van der Waals surface area contributed by atoms with E-state index in [0.29, 0.717) is 18.0 Å². The van der Waals surface area contributed by atoms with Gasteiger partial charge in [0.2, 0.25) is 5.91 Å². The van der Waals surface area contributed by atoms with Crippen molar-refractivity contribution in [3.63, 3.8) is 0 Å². The van der Waals surface area contributed by atoms with Crippen LogP contribution in [0.1, 0.15) is 79.6 Å². The highest BCUT2D eigenvalue weighted by Gasteiger charge is 2.54. The van der Waals surface area contributed by atoms with Crippen LogP contribution in [0.3, 0.4) is 0 Å². The largest absolute Gasteiger partial charge is 0.377 e. The van der Waals surface area contributed by atoms with Gasteiger partial charge in [0.1, 0.15) is 30.9 Å². The molecule has 0 unspecified atom stereocenters. The minimum Gasteiger partial charge on any atom is -0.377 e. The van der Waals surface area contributed by atoms with Gasteiger partial charge < -0.3 is 24.6 Å². The zero-order valence-electron chi connectivity index (χ0n) is 22.5. The standard InChI is InChI=1S/C30H41N3O5/c1-37-25-17-33(27-24(34)18-38-28(25)27)30(36)26(21-5-2-3-6-21)31-29(35)22-11-9-19(10-12-22)20-13-15-32(16-14-20)23-7-4-8-23/h9-12,20-21,23,25-28H,2-8,13-18H2,1H3,(H,31,35)/t25-,26-,27+,28+/m0/s1. The molecule has 1 aromatic carbocycles. The lowest BCUT2D eigenvalue weighted by atomic mass is 9.85. The normalized spacial score (nSPS) is 29.9. The van der Waals surface area contributed by atoms with Crippen LogP contribution in [-0.4, -0.2) is 91.1 Å². The quantitative estimate of drug-likeness (QED) is 0.591. The number of nitrogens with zero attached hydrogens (tertiary/aromatic N) is 2. The number of ether oxygens (including phenoxy) is 2. The van der Waals surface area contributed by atoms with Gasteiger partial charge in [0, 0.05) is 18.7 Å². The Kier molecular flexibility index (Phi) is 7.56. The molecule has 3 saturated heterocycles. The number of hydrogen-bond donors (Lipinski definition) is 1. The summed E-state index contributed by atoms with van der Waals surface area (Å²) < 4.78 is 11.2. The van der Waals surface area contributed by atoms with E-state index in [9.17, 15) is 14.4 Å². The lowest BCUT2D eigenvalue weighted by Gasteiger charge is -2.42. The molecule has 206 valence electrons. The Morgan fingerprint density at radius 3 is 2.34 bits per heavy atom. The van der Waals surface area contributed by atoms with Crippen molar-refractivity contribution in [1.82, 2.24) is 15.1 Å². The minimum atomic E-state index is -0.648. The number of hydrogen-bond acceptors (Lipinski definition) is 6. The molecule has 1 N–H and O–H groups in total. The summed E-state index contributed by atoms with van der Waals surface area (Å²) in [6.07, 6.45) is 9.57. The fraction of sp³-hybridized carbons (Fsp3) is 0.700. The number of rotatable bonds is 7. The van der Waals surface area contributed by atoms with Crippen molar-refractivity contribution in [2.24, 2.45) is 5.92 Å². The van der Waals surface area contributed by atoms with Crippen LogP contribution in [0.15, 0.2) is 24.3 Å². The maximum absolute atomic E-state index is 13.9. The molecule has 2 amide bonds. The highest BCUT2D eigenvalue weighted by Crippen LogP contribution is 2.35. The molecule has 5 aliphatic rings. The van der Waals surface area contributed by atoms with Crippen LogP contribution >= 0.6 is 0 Å². The van der Waals surface area contributed by atoms with Gasteiger partial charge in [-0.25, -0.2) is 0 Å². The van der Waals surface area contributed by atoms with E-state index in [2.05, 4.69) is 22.3 Å². The second kappa shape index (κ2) is 11.1. The van der Waals surface area contributed by atoms with Gasteiger partial charge in [-0.1, -0.05) is 31.4 Å². The zero-order chi connectivity index (χ0) is 26.2. The number of benzene rings is 1. The van der Waals surface area contributed by atoms with Crippen molar-refractivity contribution in [3.8, 4) is 0 Å². The SMILES string of the molecule is CO[C@H]1CN(C(=O)[C@@H](NC(=O)c2ccc(C3CCN(C4CCC4)CC3)cc2)C2CCCC2)[C@@H]2C(=O)CO[C@H]12. The number of methoxy groups -OCH3 is 1. The Morgan fingerprint density at radius 1 is 1.00 bits per heavy atom. The third-order valence-corrected chi connectivity index (χ3v) is 9.91. The fourth-order valence-electron chi connectivity index (χ4n) is 7.38. The van der Waals surface area contributed by atoms with E-state index in [1.807, 2.05) is 12.1 Å². The van der Waals surface area contributed by atoms with Crippen LogP contribution in [0, 0.1) is 5.92 Å². The number of carbonyl (C=O) groups is 3. The van der Waals surface area contributed by atoms with E-state index < -0.39 is 18.2 Å². The lowest BCUT2D eigenvalue weighted by molar-refractivity contribution is -0.139. The number of piperidine rings is 1. The molecule has 6 rings (SSSR count). The highest BCUT2D eigenvalue weighted by atomic mass is 16.5. The smallest absolute Gasteiger partial charge is 0.251 e.